The molecule has 0 saturated heterocycles. The van der Waals surface area contributed by atoms with Crippen LogP contribution in [0.3, 0.4) is 0 Å². The molecule has 0 aliphatic rings. The number of hydrogen-bond donors (Lipinski definition) is 1. The molecule has 0 aliphatic carbocycles. The predicted molar refractivity (Wildman–Crippen MR) is 69.6 cm³/mol. The van der Waals surface area contributed by atoms with Crippen molar-refractivity contribution in [2.75, 3.05) is 0 Å². The van der Waals surface area contributed by atoms with Gasteiger partial charge in [-0.15, -0.1) is 0 Å². The van der Waals surface area contributed by atoms with Gasteiger partial charge in [0.25, 0.3) is 0 Å². The zero-order chi connectivity index (χ0) is 12.1. The van der Waals surface area contributed by atoms with E-state index >= 15 is 0 Å². The van der Waals surface area contributed by atoms with Gasteiger partial charge in [-0.1, -0.05) is 6.07 Å². The van der Waals surface area contributed by atoms with Crippen LogP contribution >= 0.6 is 0 Å². The summed E-state index contributed by atoms with van der Waals surface area (Å²) >= 11 is 0. The zero-order valence-electron chi connectivity index (χ0n) is 10.4. The van der Waals surface area contributed by atoms with Crippen LogP contribution in [0, 0.1) is 0 Å². The Balaban J connectivity index is 1.95. The number of hydrogen-bond acceptors (Lipinski definition) is 2. The first kappa shape index (κ1) is 11.9. The second kappa shape index (κ2) is 5.64. The summed E-state index contributed by atoms with van der Waals surface area (Å²) in [5.41, 5.74) is 2.55. The molecule has 1 atom stereocenters. The molecule has 0 aromatic carbocycles. The molecule has 3 heteroatoms. The molecule has 90 valence electrons. The van der Waals surface area contributed by atoms with E-state index in [0.29, 0.717) is 6.04 Å². The van der Waals surface area contributed by atoms with Crippen LogP contribution in [0.1, 0.15) is 31.1 Å². The number of pyridine rings is 1. The van der Waals surface area contributed by atoms with Gasteiger partial charge in [0.15, 0.2) is 0 Å². The van der Waals surface area contributed by atoms with E-state index in [-0.39, 0.29) is 0 Å². The smallest absolute Gasteiger partial charge is 0.0364 e. The van der Waals surface area contributed by atoms with Gasteiger partial charge in [-0.25, -0.2) is 0 Å². The molecule has 2 heterocycles. The van der Waals surface area contributed by atoms with Gasteiger partial charge in [-0.3, -0.25) is 4.98 Å². The SMILES string of the molecule is CCn1cccc1CN[C@@H](C)c1cccnc1. The van der Waals surface area contributed by atoms with Crippen molar-refractivity contribution in [3.05, 3.63) is 54.1 Å². The maximum absolute atomic E-state index is 4.14. The minimum Gasteiger partial charge on any atom is -0.351 e. The molecule has 1 N–H and O–H groups in total. The van der Waals surface area contributed by atoms with E-state index in [1.54, 1.807) is 6.20 Å². The number of aryl methyl sites for hydroxylation is 1. The molecular weight excluding hydrogens is 210 g/mol. The fraction of sp³-hybridized carbons (Fsp3) is 0.357. The highest BCUT2D eigenvalue weighted by atomic mass is 15.0. The topological polar surface area (TPSA) is 29.9 Å². The number of aromatic nitrogens is 2. The molecule has 0 saturated carbocycles. The van der Waals surface area contributed by atoms with Crippen molar-refractivity contribution in [2.45, 2.75) is 33.0 Å². The molecule has 0 spiro atoms. The van der Waals surface area contributed by atoms with E-state index in [9.17, 15) is 0 Å². The van der Waals surface area contributed by atoms with Crippen molar-refractivity contribution in [1.82, 2.24) is 14.9 Å². The quantitative estimate of drug-likeness (QED) is 0.854. The third-order valence-corrected chi connectivity index (χ3v) is 3.04. The van der Waals surface area contributed by atoms with Gasteiger partial charge in [0.1, 0.15) is 0 Å². The molecule has 3 nitrogen and oxygen atoms in total. The lowest BCUT2D eigenvalue weighted by atomic mass is 10.1. The Morgan fingerprint density at radius 3 is 2.94 bits per heavy atom. The van der Waals surface area contributed by atoms with Gasteiger partial charge >= 0.3 is 0 Å². The normalized spacial score (nSPS) is 12.6. The molecule has 2 aromatic heterocycles. The largest absolute Gasteiger partial charge is 0.351 e. The lowest BCUT2D eigenvalue weighted by Crippen LogP contribution is -2.19. The Morgan fingerprint density at radius 1 is 1.35 bits per heavy atom. The Kier molecular flexibility index (Phi) is 3.94. The summed E-state index contributed by atoms with van der Waals surface area (Å²) in [6.07, 6.45) is 5.83. The van der Waals surface area contributed by atoms with Crippen LogP contribution in [0.5, 0.6) is 0 Å². The van der Waals surface area contributed by atoms with E-state index in [1.165, 1.54) is 11.3 Å². The highest BCUT2D eigenvalue weighted by Gasteiger charge is 2.05. The van der Waals surface area contributed by atoms with Crippen LogP contribution in [-0.2, 0) is 13.1 Å². The van der Waals surface area contributed by atoms with Crippen molar-refractivity contribution in [3.63, 3.8) is 0 Å². The number of nitrogens with one attached hydrogen (secondary N) is 1. The standard InChI is InChI=1S/C14H19N3/c1-3-17-9-5-7-14(17)11-16-12(2)13-6-4-8-15-10-13/h4-10,12,16H,3,11H2,1-2H3/t12-/m0/s1. The first-order chi connectivity index (χ1) is 8.31. The third-order valence-electron chi connectivity index (χ3n) is 3.04. The van der Waals surface area contributed by atoms with Gasteiger partial charge in [0.2, 0.25) is 0 Å². The molecule has 0 unspecified atom stereocenters. The molecule has 17 heavy (non-hydrogen) atoms. The van der Waals surface area contributed by atoms with Crippen LogP contribution in [0.4, 0.5) is 0 Å². The Bertz CT molecular complexity index is 448. The van der Waals surface area contributed by atoms with Crippen LogP contribution < -0.4 is 5.32 Å². The summed E-state index contributed by atoms with van der Waals surface area (Å²) in [4.78, 5) is 4.14. The minimum absolute atomic E-state index is 0.323. The Morgan fingerprint density at radius 2 is 2.24 bits per heavy atom. The molecule has 0 amide bonds. The second-order valence-electron chi connectivity index (χ2n) is 4.17. The lowest BCUT2D eigenvalue weighted by Gasteiger charge is -2.14. The van der Waals surface area contributed by atoms with Crippen LogP contribution in [0.2, 0.25) is 0 Å². The highest BCUT2D eigenvalue weighted by molar-refractivity contribution is 5.13. The van der Waals surface area contributed by atoms with Crippen molar-refractivity contribution >= 4 is 0 Å². The average molecular weight is 229 g/mol. The average Bonchev–Trinajstić information content (AvgIpc) is 2.84. The molecule has 2 aromatic rings. The molecule has 0 bridgehead atoms. The fourth-order valence-corrected chi connectivity index (χ4v) is 1.93. The maximum atomic E-state index is 4.14. The molecule has 0 radical (unpaired) electrons. The summed E-state index contributed by atoms with van der Waals surface area (Å²) in [7, 11) is 0. The van der Waals surface area contributed by atoms with Gasteiger partial charge in [-0.2, -0.15) is 0 Å². The highest BCUT2D eigenvalue weighted by Crippen LogP contribution is 2.11. The summed E-state index contributed by atoms with van der Waals surface area (Å²) in [6, 6.07) is 8.65. The van der Waals surface area contributed by atoms with Crippen molar-refractivity contribution in [1.29, 1.82) is 0 Å². The first-order valence-electron chi connectivity index (χ1n) is 6.08. The molecule has 0 fully saturated rings. The van der Waals surface area contributed by atoms with Gasteiger partial charge in [0.05, 0.1) is 0 Å². The van der Waals surface area contributed by atoms with Gasteiger partial charge in [0, 0.05) is 43.4 Å². The number of nitrogens with zero attached hydrogens (tertiary/aromatic N) is 2. The van der Waals surface area contributed by atoms with E-state index < -0.39 is 0 Å². The summed E-state index contributed by atoms with van der Waals surface area (Å²) in [6.45, 7) is 6.23. The monoisotopic (exact) mass is 229 g/mol. The van der Waals surface area contributed by atoms with Crippen LogP contribution in [0.25, 0.3) is 0 Å². The van der Waals surface area contributed by atoms with Crippen molar-refractivity contribution in [3.8, 4) is 0 Å². The van der Waals surface area contributed by atoms with Crippen molar-refractivity contribution < 1.29 is 0 Å². The summed E-state index contributed by atoms with van der Waals surface area (Å²) in [5.74, 6) is 0. The summed E-state index contributed by atoms with van der Waals surface area (Å²) < 4.78 is 2.25. The van der Waals surface area contributed by atoms with Crippen LogP contribution in [0.15, 0.2) is 42.9 Å². The number of rotatable bonds is 5. The fourth-order valence-electron chi connectivity index (χ4n) is 1.93. The van der Waals surface area contributed by atoms with Gasteiger partial charge < -0.3 is 9.88 Å². The zero-order valence-corrected chi connectivity index (χ0v) is 10.4. The van der Waals surface area contributed by atoms with E-state index in [0.717, 1.165) is 13.1 Å². The molecule has 0 aliphatic heterocycles. The van der Waals surface area contributed by atoms with Crippen LogP contribution in [-0.4, -0.2) is 9.55 Å². The van der Waals surface area contributed by atoms with E-state index in [1.807, 2.05) is 12.3 Å². The lowest BCUT2D eigenvalue weighted by molar-refractivity contribution is 0.548. The van der Waals surface area contributed by atoms with E-state index in [4.69, 9.17) is 0 Å². The third kappa shape index (κ3) is 2.94. The van der Waals surface area contributed by atoms with Gasteiger partial charge in [-0.05, 0) is 37.6 Å². The molecular formula is C14H19N3. The minimum atomic E-state index is 0.323. The first-order valence-corrected chi connectivity index (χ1v) is 6.08. The van der Waals surface area contributed by atoms with Crippen molar-refractivity contribution in [2.24, 2.45) is 0 Å². The summed E-state index contributed by atoms with van der Waals surface area (Å²) in [5, 5.41) is 3.52. The predicted octanol–water partition coefficient (Wildman–Crippen LogP) is 2.75. The molecule has 2 rings (SSSR count). The Labute approximate surface area is 103 Å². The maximum Gasteiger partial charge on any atom is 0.0364 e. The van der Waals surface area contributed by atoms with E-state index in [2.05, 4.69) is 53.1 Å². The Hall–Kier alpha value is -1.61. The second-order valence-corrected chi connectivity index (χ2v) is 4.17.